The van der Waals surface area contributed by atoms with Gasteiger partial charge >= 0.3 is 0 Å². The van der Waals surface area contributed by atoms with Gasteiger partial charge in [-0.1, -0.05) is 0 Å². The number of nitrogens with one attached hydrogen (secondary N) is 1. The van der Waals surface area contributed by atoms with Crippen molar-refractivity contribution >= 4 is 0 Å². The molecule has 0 aromatic rings. The molecule has 4 nitrogen and oxygen atoms in total. The normalized spacial score (nSPS) is 9.00. The Labute approximate surface area is 41.6 Å². The zero-order valence-corrected chi connectivity index (χ0v) is 4.34. The SMILES string of the molecule is CC(C)N[N+](=O)[O-]. The van der Waals surface area contributed by atoms with E-state index in [2.05, 4.69) is 0 Å². The summed E-state index contributed by atoms with van der Waals surface area (Å²) in [5.41, 5.74) is 2.03. The Hall–Kier alpha value is -0.800. The Kier molecular flexibility index (Phi) is 2.11. The minimum Gasteiger partial charge on any atom is -0.235 e. The maximum Gasteiger partial charge on any atom is 0.157 e. The summed E-state index contributed by atoms with van der Waals surface area (Å²) in [4.78, 5) is 9.50. The van der Waals surface area contributed by atoms with Crippen molar-refractivity contribution in [2.45, 2.75) is 19.9 Å². The van der Waals surface area contributed by atoms with E-state index in [-0.39, 0.29) is 6.04 Å². The molecule has 0 spiro atoms. The molecule has 4 heteroatoms. The molecule has 0 rings (SSSR count). The predicted octanol–water partition coefficient (Wildman–Crippen LogP) is 0.176. The first-order valence-corrected chi connectivity index (χ1v) is 2.03. The van der Waals surface area contributed by atoms with Crippen LogP contribution in [-0.2, 0) is 0 Å². The quantitative estimate of drug-likeness (QED) is 0.401. The molecule has 0 aliphatic heterocycles. The third-order valence-corrected chi connectivity index (χ3v) is 0.364. The predicted molar refractivity (Wildman–Crippen MR) is 25.3 cm³/mol. The number of hydrogen-bond acceptors (Lipinski definition) is 2. The number of nitrogens with zero attached hydrogens (tertiary/aromatic N) is 1. The fourth-order valence-electron chi connectivity index (χ4n) is 0.211. The number of hydrogen-bond donors (Lipinski definition) is 1. The number of nitro groups is 1. The highest BCUT2D eigenvalue weighted by molar-refractivity contribution is 4.36. The Morgan fingerprint density at radius 2 is 2.14 bits per heavy atom. The van der Waals surface area contributed by atoms with Crippen LogP contribution in [0.5, 0.6) is 0 Å². The molecule has 42 valence electrons. The van der Waals surface area contributed by atoms with Crippen LogP contribution in [0.2, 0.25) is 0 Å². The summed E-state index contributed by atoms with van der Waals surface area (Å²) >= 11 is 0. The number of rotatable bonds is 2. The maximum atomic E-state index is 9.50. The van der Waals surface area contributed by atoms with Gasteiger partial charge in [-0.2, -0.15) is 0 Å². The molecule has 0 aromatic heterocycles. The molecule has 0 fully saturated rings. The molecule has 1 N–H and O–H groups in total. The van der Waals surface area contributed by atoms with E-state index >= 15 is 0 Å². The van der Waals surface area contributed by atoms with Crippen molar-refractivity contribution in [3.8, 4) is 0 Å². The lowest BCUT2D eigenvalue weighted by Gasteiger charge is -1.95. The molecule has 7 heavy (non-hydrogen) atoms. The van der Waals surface area contributed by atoms with Gasteiger partial charge in [0.15, 0.2) is 5.03 Å². The fourth-order valence-corrected chi connectivity index (χ4v) is 0.211. The van der Waals surface area contributed by atoms with E-state index in [1.807, 2.05) is 5.43 Å². The molecule has 0 saturated heterocycles. The van der Waals surface area contributed by atoms with Gasteiger partial charge < -0.3 is 0 Å². The highest BCUT2D eigenvalue weighted by Crippen LogP contribution is 1.72. The Morgan fingerprint density at radius 1 is 1.71 bits per heavy atom. The monoisotopic (exact) mass is 104 g/mol. The van der Waals surface area contributed by atoms with Crippen molar-refractivity contribution in [2.75, 3.05) is 0 Å². The molecule has 0 aromatic carbocycles. The minimum atomic E-state index is -0.551. The minimum absolute atomic E-state index is 0.0741. The Balaban J connectivity index is 3.13. The average Bonchev–Trinajstić information content (AvgIpc) is 1.27. The smallest absolute Gasteiger partial charge is 0.157 e. The lowest BCUT2D eigenvalue weighted by atomic mass is 10.4. The summed E-state index contributed by atoms with van der Waals surface area (Å²) in [5.74, 6) is 0. The third-order valence-electron chi connectivity index (χ3n) is 0.364. The summed E-state index contributed by atoms with van der Waals surface area (Å²) in [6, 6.07) is -0.0741. The third kappa shape index (κ3) is 5.20. The zero-order valence-electron chi connectivity index (χ0n) is 4.34. The van der Waals surface area contributed by atoms with Crippen molar-refractivity contribution in [3.63, 3.8) is 0 Å². The van der Waals surface area contributed by atoms with Gasteiger partial charge in [-0.05, 0) is 13.8 Å². The first-order valence-electron chi connectivity index (χ1n) is 2.03. The summed E-state index contributed by atoms with van der Waals surface area (Å²) in [6.07, 6.45) is 0. The van der Waals surface area contributed by atoms with Gasteiger partial charge in [-0.3, -0.25) is 0 Å². The van der Waals surface area contributed by atoms with Crippen LogP contribution in [0, 0.1) is 10.1 Å². The fraction of sp³-hybridized carbons (Fsp3) is 1.00. The van der Waals surface area contributed by atoms with E-state index in [9.17, 15) is 10.1 Å². The van der Waals surface area contributed by atoms with Gasteiger partial charge in [0.25, 0.3) is 0 Å². The van der Waals surface area contributed by atoms with Crippen LogP contribution in [0.4, 0.5) is 0 Å². The second kappa shape index (κ2) is 2.39. The van der Waals surface area contributed by atoms with Crippen LogP contribution in [0.1, 0.15) is 13.8 Å². The first kappa shape index (κ1) is 6.20. The summed E-state index contributed by atoms with van der Waals surface area (Å²) in [7, 11) is 0. The first-order chi connectivity index (χ1) is 3.13. The Morgan fingerprint density at radius 3 is 2.14 bits per heavy atom. The van der Waals surface area contributed by atoms with E-state index in [1.54, 1.807) is 13.8 Å². The van der Waals surface area contributed by atoms with Crippen LogP contribution < -0.4 is 5.43 Å². The highest BCUT2D eigenvalue weighted by Gasteiger charge is 1.95. The van der Waals surface area contributed by atoms with Crippen LogP contribution in [0.25, 0.3) is 0 Å². The summed E-state index contributed by atoms with van der Waals surface area (Å²) < 4.78 is 0. The van der Waals surface area contributed by atoms with Crippen molar-refractivity contribution in [1.29, 1.82) is 0 Å². The largest absolute Gasteiger partial charge is 0.235 e. The lowest BCUT2D eigenvalue weighted by molar-refractivity contribution is -0.549. The van der Waals surface area contributed by atoms with Gasteiger partial charge in [-0.25, -0.2) is 10.1 Å². The van der Waals surface area contributed by atoms with Gasteiger partial charge in [0, 0.05) is 0 Å². The molecule has 0 heterocycles. The second-order valence-electron chi connectivity index (χ2n) is 1.54. The van der Waals surface area contributed by atoms with Crippen molar-refractivity contribution in [3.05, 3.63) is 10.1 Å². The lowest BCUT2D eigenvalue weighted by Crippen LogP contribution is -2.28. The molecule has 0 amide bonds. The van der Waals surface area contributed by atoms with Crippen LogP contribution >= 0.6 is 0 Å². The van der Waals surface area contributed by atoms with Crippen molar-refractivity contribution < 1.29 is 5.03 Å². The molecule has 0 unspecified atom stereocenters. The Bertz CT molecular complexity index is 71.3. The van der Waals surface area contributed by atoms with Crippen LogP contribution in [0.15, 0.2) is 0 Å². The molecule has 0 aliphatic carbocycles. The molecular weight excluding hydrogens is 96.0 g/mol. The van der Waals surface area contributed by atoms with E-state index in [4.69, 9.17) is 0 Å². The van der Waals surface area contributed by atoms with Gasteiger partial charge in [-0.15, -0.1) is 5.43 Å². The molecule has 0 saturated carbocycles. The van der Waals surface area contributed by atoms with Gasteiger partial charge in [0.2, 0.25) is 0 Å². The summed E-state index contributed by atoms with van der Waals surface area (Å²) in [6.45, 7) is 3.42. The molecule has 0 bridgehead atoms. The highest BCUT2D eigenvalue weighted by atomic mass is 16.7. The topological polar surface area (TPSA) is 55.2 Å². The average molecular weight is 104 g/mol. The van der Waals surface area contributed by atoms with E-state index in [0.29, 0.717) is 0 Å². The van der Waals surface area contributed by atoms with Crippen LogP contribution in [0.3, 0.4) is 0 Å². The van der Waals surface area contributed by atoms with Gasteiger partial charge in [0.1, 0.15) is 0 Å². The van der Waals surface area contributed by atoms with E-state index in [0.717, 1.165) is 0 Å². The standard InChI is InChI=1S/C3H8N2O2/c1-3(2)4-5(6)7/h3-4H,1-2H3. The zero-order chi connectivity index (χ0) is 5.86. The van der Waals surface area contributed by atoms with E-state index < -0.39 is 5.03 Å². The van der Waals surface area contributed by atoms with Gasteiger partial charge in [0.05, 0.1) is 6.04 Å². The second-order valence-corrected chi connectivity index (χ2v) is 1.54. The summed E-state index contributed by atoms with van der Waals surface area (Å²) in [5, 5.41) is 8.95. The molecular formula is C3H8N2O2. The van der Waals surface area contributed by atoms with Crippen LogP contribution in [-0.4, -0.2) is 11.1 Å². The maximum absolute atomic E-state index is 9.50. The van der Waals surface area contributed by atoms with Crippen molar-refractivity contribution in [2.24, 2.45) is 0 Å². The molecule has 0 atom stereocenters. The van der Waals surface area contributed by atoms with E-state index in [1.165, 1.54) is 0 Å². The van der Waals surface area contributed by atoms with Crippen molar-refractivity contribution in [1.82, 2.24) is 5.43 Å². The number of hydrazine groups is 1. The molecule has 0 aliphatic rings. The molecule has 0 radical (unpaired) electrons.